The van der Waals surface area contributed by atoms with Gasteiger partial charge in [-0.05, 0) is 141 Å². The van der Waals surface area contributed by atoms with Gasteiger partial charge in [-0.15, -0.1) is 23.1 Å². The number of thioether (sulfide) groups is 1. The molecule has 1 aliphatic carbocycles. The van der Waals surface area contributed by atoms with E-state index >= 15 is 52.7 Å². The lowest BCUT2D eigenvalue weighted by atomic mass is 9.97. The highest BCUT2D eigenvalue weighted by Gasteiger charge is 2.64. The van der Waals surface area contributed by atoms with Crippen molar-refractivity contribution in [2.45, 2.75) is 245 Å². The number of amides is 16. The molecule has 746 valence electrons. The molecule has 5 aliphatic rings. The second-order valence-corrected chi connectivity index (χ2v) is 37.7. The predicted octanol–water partition coefficient (Wildman–Crippen LogP) is -1.41. The number of nitrogens with zero attached hydrogens (tertiary/aromatic N) is 6. The number of aromatic amines is 2. The fourth-order valence-electron chi connectivity index (χ4n) is 18.4. The molecule has 5 fully saturated rings. The van der Waals surface area contributed by atoms with Crippen molar-refractivity contribution < 1.29 is 107 Å². The molecule has 11 rings (SSSR count). The quantitative estimate of drug-likeness (QED) is 0.0297. The fraction of sp³-hybridized carbons (Fsp3) is 0.538. The smallest absolute Gasteiger partial charge is 0.305 e. The van der Waals surface area contributed by atoms with E-state index in [9.17, 15) is 54.0 Å². The maximum absolute atomic E-state index is 15.9. The van der Waals surface area contributed by atoms with Crippen molar-refractivity contribution in [3.8, 4) is 5.75 Å². The van der Waals surface area contributed by atoms with Gasteiger partial charge in [0.1, 0.15) is 89.8 Å². The number of phenolic OH excluding ortho intramolecular Hbond substituents is 1. The van der Waals surface area contributed by atoms with Gasteiger partial charge in [0, 0.05) is 99.6 Å². The number of primary amides is 1. The zero-order valence-electron chi connectivity index (χ0n) is 77.5. The Kier molecular flexibility index (Phi) is 37.6. The average Bonchev–Trinajstić information content (AvgIpc) is 1.56. The number of nitrogens with one attached hydrogen (secondary N) is 12. The highest BCUT2D eigenvalue weighted by Crippen LogP contribution is 2.48. The van der Waals surface area contributed by atoms with Gasteiger partial charge >= 0.3 is 11.9 Å². The van der Waals surface area contributed by atoms with Crippen LogP contribution >= 0.6 is 23.1 Å². The molecule has 16 amide bonds. The number of likely N-dealkylation sites (N-methyl/N-ethyl adjacent to an activating group) is 2. The summed E-state index contributed by atoms with van der Waals surface area (Å²) in [4.78, 5) is 281. The number of nitrogens with two attached hydrogens (primary N) is 3. The lowest BCUT2D eigenvalue weighted by Crippen LogP contribution is -2.62. The standard InChI is InChI=1S/C93H125N21O22S2/c1-5-7-21-69-84(128)105-64(40-77(119)120)82(126)108-68(79(123)99-45-75(96)117)48-137-49-76(118)101-65(35-51-26-28-56(115)29-27-51)89(133)112-33-14-13-23-70(112)86(130)107-67(41-78(121)122)90(134)113-34-16-24-71(113)85(129)104-63(38-55-44-97-50-100-55)83(127)109-93(42-54(93)30-32-95)92(136)114-46-57(116)39-73(114)87(131)103-62(36-52-43-98-60-19-11-9-17-58(52)60)81(125)102-61(20-15-31-94)80(124)106-66(37-53-47-138-74-25-12-10-18-59(53)74)88(132)111(4)72(22-8-6-2)91(135)110(69)3/h9-12,17-19,25-29,43-44,47,50,54,57,61-73,98,115-116H,5-8,13-16,20-24,30-42,45-46,48-49,94-95H2,1-4H3,(H2,96,117)(H,97,100)(H,99,123)(H,101,118)(H,102,125)(H,103,131)(H,104,129)(H,105,128)(H,106,124)(H,107,130)(H,108,126)(H,109,127)(H,119,120)(H,121,122)/t54?,57-,61+,62+,63+,64+,65+,66+,67+,68+,69+,70?,71+,72+,73+,93?/m1/s1. The van der Waals surface area contributed by atoms with Gasteiger partial charge in [-0.3, -0.25) is 86.3 Å². The number of carboxylic acids is 2. The molecule has 4 saturated heterocycles. The van der Waals surface area contributed by atoms with Crippen LogP contribution in [0.1, 0.15) is 152 Å². The van der Waals surface area contributed by atoms with Crippen LogP contribution in [0.4, 0.5) is 0 Å². The van der Waals surface area contributed by atoms with Crippen LogP contribution in [0.25, 0.3) is 21.0 Å². The summed E-state index contributed by atoms with van der Waals surface area (Å²) in [6.45, 7) is 2.10. The van der Waals surface area contributed by atoms with Gasteiger partial charge in [0.15, 0.2) is 0 Å². The lowest BCUT2D eigenvalue weighted by molar-refractivity contribution is -0.149. The highest BCUT2D eigenvalue weighted by atomic mass is 32.2. The third kappa shape index (κ3) is 27.2. The highest BCUT2D eigenvalue weighted by molar-refractivity contribution is 8.00. The van der Waals surface area contributed by atoms with Crippen molar-refractivity contribution in [3.63, 3.8) is 0 Å². The number of unbranched alkanes of at least 4 members (excludes halogenated alkanes) is 2. The summed E-state index contributed by atoms with van der Waals surface area (Å²) in [7, 11) is 2.64. The van der Waals surface area contributed by atoms with E-state index in [-0.39, 0.29) is 134 Å². The molecule has 3 aromatic heterocycles. The number of aromatic nitrogens is 3. The van der Waals surface area contributed by atoms with Crippen LogP contribution in [0.15, 0.2) is 96.9 Å². The molecule has 7 heterocycles. The summed E-state index contributed by atoms with van der Waals surface area (Å²) in [6, 6.07) is -0.815. The Morgan fingerprint density at radius 2 is 1.13 bits per heavy atom. The lowest BCUT2D eigenvalue weighted by Gasteiger charge is -2.38. The number of fused-ring (bicyclic) bond motifs is 5. The number of carbonyl (C=O) groups excluding carboxylic acids is 16. The number of piperidine rings is 1. The Balaban J connectivity index is 0.963. The molecule has 6 aromatic rings. The minimum Gasteiger partial charge on any atom is -0.508 e. The Bertz CT molecular complexity index is 5410. The first kappa shape index (κ1) is 105. The monoisotopic (exact) mass is 1950 g/mol. The zero-order chi connectivity index (χ0) is 99.8. The van der Waals surface area contributed by atoms with Gasteiger partial charge in [0.2, 0.25) is 94.5 Å². The van der Waals surface area contributed by atoms with Gasteiger partial charge in [-0.2, -0.15) is 0 Å². The minimum absolute atomic E-state index is 0.000327. The molecule has 3 unspecified atom stereocenters. The van der Waals surface area contributed by atoms with Crippen LogP contribution < -0.4 is 70.4 Å². The Hall–Kier alpha value is -13.1. The molecule has 43 nitrogen and oxygen atoms in total. The number of aromatic hydroxyl groups is 1. The number of hydrogen-bond acceptors (Lipinski definition) is 25. The number of aliphatic carboxylic acids is 2. The summed E-state index contributed by atoms with van der Waals surface area (Å²) < 4.78 is 0.820. The Morgan fingerprint density at radius 3 is 1.80 bits per heavy atom. The average molecular weight is 1950 g/mol. The summed E-state index contributed by atoms with van der Waals surface area (Å²) in [6.07, 6.45) is 1.46. The molecular formula is C93H125N21O22S2. The maximum Gasteiger partial charge on any atom is 0.305 e. The largest absolute Gasteiger partial charge is 0.508 e. The number of rotatable bonds is 26. The molecule has 0 bridgehead atoms. The van der Waals surface area contributed by atoms with Crippen LogP contribution in [0.3, 0.4) is 0 Å². The number of imidazole rings is 1. The first-order chi connectivity index (χ1) is 66.0. The summed E-state index contributed by atoms with van der Waals surface area (Å²) in [5.41, 5.74) is 18.3. The van der Waals surface area contributed by atoms with Gasteiger partial charge in [-0.25, -0.2) is 4.98 Å². The van der Waals surface area contributed by atoms with Crippen molar-refractivity contribution in [1.82, 2.24) is 92.6 Å². The number of benzene rings is 3. The van der Waals surface area contributed by atoms with E-state index in [1.165, 1.54) is 62.2 Å². The molecule has 45 heteroatoms. The predicted molar refractivity (Wildman–Crippen MR) is 504 cm³/mol. The topological polar surface area (TPSA) is 647 Å². The van der Waals surface area contributed by atoms with Crippen LogP contribution in [0, 0.1) is 5.92 Å². The molecule has 4 aliphatic heterocycles. The molecule has 0 radical (unpaired) electrons. The van der Waals surface area contributed by atoms with Gasteiger partial charge < -0.3 is 125 Å². The second-order valence-electron chi connectivity index (χ2n) is 35.8. The number of aliphatic hydroxyl groups is 1. The molecule has 1 spiro atoms. The van der Waals surface area contributed by atoms with Crippen molar-refractivity contribution in [2.24, 2.45) is 23.1 Å². The van der Waals surface area contributed by atoms with Gasteiger partial charge in [0.05, 0.1) is 43.3 Å². The summed E-state index contributed by atoms with van der Waals surface area (Å²) in [5.74, 6) is -20.5. The number of para-hydroxylation sites is 1. The maximum atomic E-state index is 15.9. The zero-order valence-corrected chi connectivity index (χ0v) is 79.1. The molecule has 16 atom stereocenters. The number of hydrogen-bond donors (Lipinski definition) is 19. The first-order valence-electron chi connectivity index (χ1n) is 46.7. The molecular weight excluding hydrogens is 1830 g/mol. The third-order valence-electron chi connectivity index (χ3n) is 25.9. The third-order valence-corrected chi connectivity index (χ3v) is 27.9. The Labute approximate surface area is 804 Å². The van der Waals surface area contributed by atoms with Crippen molar-refractivity contribution in [2.75, 3.05) is 64.9 Å². The summed E-state index contributed by atoms with van der Waals surface area (Å²) >= 11 is 2.06. The van der Waals surface area contributed by atoms with Crippen molar-refractivity contribution in [3.05, 3.63) is 119 Å². The number of thiophene rings is 1. The van der Waals surface area contributed by atoms with E-state index in [0.717, 1.165) is 34.6 Å². The van der Waals surface area contributed by atoms with Crippen LogP contribution in [-0.2, 0) is 112 Å². The van der Waals surface area contributed by atoms with Crippen molar-refractivity contribution >= 4 is 151 Å². The van der Waals surface area contributed by atoms with E-state index in [1.807, 2.05) is 30.5 Å². The van der Waals surface area contributed by atoms with Crippen LogP contribution in [-0.4, -0.2) is 321 Å². The van der Waals surface area contributed by atoms with E-state index in [2.05, 4.69) is 68.1 Å². The van der Waals surface area contributed by atoms with E-state index in [4.69, 9.17) is 17.2 Å². The summed E-state index contributed by atoms with van der Waals surface area (Å²) in [5, 5.41) is 72.4. The normalized spacial score (nSPS) is 26.3. The second kappa shape index (κ2) is 49.2. The minimum atomic E-state index is -2.02. The number of carboxylic acid groups (broad SMARTS) is 2. The van der Waals surface area contributed by atoms with Gasteiger partial charge in [-0.1, -0.05) is 88.1 Å². The first-order valence-corrected chi connectivity index (χ1v) is 48.7. The van der Waals surface area contributed by atoms with E-state index < -0.39 is 240 Å². The van der Waals surface area contributed by atoms with Crippen molar-refractivity contribution in [1.29, 1.82) is 0 Å². The molecule has 138 heavy (non-hydrogen) atoms. The van der Waals surface area contributed by atoms with E-state index in [1.54, 1.807) is 43.5 Å². The molecule has 1 saturated carbocycles. The van der Waals surface area contributed by atoms with Crippen LogP contribution in [0.2, 0.25) is 0 Å². The number of aliphatic hydroxyl groups excluding tert-OH is 1. The Morgan fingerprint density at radius 1 is 0.551 bits per heavy atom. The SMILES string of the molecule is CCCC[C@H]1C(=O)N(C)[C@@H](CCCC)C(=O)N[C@@H](CC(=O)O)C(=O)N[C@H](C(=O)NCC(N)=O)CSCC(=O)N[C@@H](Cc2ccc(O)cc2)C(=O)N2CCCCC2C(=O)N[C@@H](CC(=O)O)C(=O)N2CCC[C@H]2C(=O)N[C@@H](Cc2c[nH]cn2)C(=O)NC2(CC2CCN)C(=O)N2C[C@H](O)C[C@H]2C(=O)N[C@@H](Cc2c[nH]c3ccccc23)C(=O)N[C@@H](CCCN)C(=O)N[C@@H](Cc2csc3ccccc23)C(=O)N1C. The van der Waals surface area contributed by atoms with E-state index in [0.29, 0.717) is 71.5 Å². The number of H-pyrrole nitrogens is 2. The molecule has 3 aromatic carbocycles. The fourth-order valence-corrected chi connectivity index (χ4v) is 20.2. The number of phenols is 1. The molecule has 22 N–H and O–H groups in total. The number of carbonyl (C=O) groups is 18. The van der Waals surface area contributed by atoms with Gasteiger partial charge in [0.25, 0.3) is 0 Å². The van der Waals surface area contributed by atoms with Crippen LogP contribution in [0.5, 0.6) is 5.75 Å².